The van der Waals surface area contributed by atoms with E-state index in [1.807, 2.05) is 0 Å². The Bertz CT molecular complexity index is 217. The minimum atomic E-state index is -0.560. The molecule has 2 N–H and O–H groups in total. The van der Waals surface area contributed by atoms with Crippen LogP contribution in [0.3, 0.4) is 0 Å². The summed E-state index contributed by atoms with van der Waals surface area (Å²) in [6.45, 7) is 7.55. The Labute approximate surface area is 120 Å². The summed E-state index contributed by atoms with van der Waals surface area (Å²) >= 11 is 0. The Morgan fingerprint density at radius 3 is 1.75 bits per heavy atom. The van der Waals surface area contributed by atoms with Crippen LogP contribution in [-0.2, 0) is 23.8 Å². The van der Waals surface area contributed by atoms with Crippen molar-refractivity contribution in [3.05, 3.63) is 0 Å². The third kappa shape index (κ3) is 43.7. The highest BCUT2D eigenvalue weighted by Gasteiger charge is 1.90. The van der Waals surface area contributed by atoms with Gasteiger partial charge in [-0.05, 0) is 13.8 Å². The second kappa shape index (κ2) is 20.1. The molecule has 0 aliphatic rings. The molecule has 0 amide bonds. The lowest BCUT2D eigenvalue weighted by Gasteiger charge is -1.98. The highest BCUT2D eigenvalue weighted by molar-refractivity contribution is 5.66. The van der Waals surface area contributed by atoms with Gasteiger partial charge >= 0.3 is 11.9 Å². The molecule has 0 saturated carbocycles. The highest BCUT2D eigenvalue weighted by Crippen LogP contribution is 1.82. The first-order valence-electron chi connectivity index (χ1n) is 6.36. The van der Waals surface area contributed by atoms with Crippen molar-refractivity contribution in [2.45, 2.75) is 40.2 Å². The number of methoxy groups -OCH3 is 1. The van der Waals surface area contributed by atoms with Gasteiger partial charge in [-0.15, -0.1) is 0 Å². The number of carbonyl (C=O) groups excluding carboxylic acids is 2. The molecule has 1 unspecified atom stereocenters. The van der Waals surface area contributed by atoms with Gasteiger partial charge in [-0.2, -0.15) is 0 Å². The van der Waals surface area contributed by atoms with Gasteiger partial charge in [0.15, 0.2) is 0 Å². The number of carbonyl (C=O) groups is 2. The van der Waals surface area contributed by atoms with E-state index in [4.69, 9.17) is 14.9 Å². The zero-order chi connectivity index (χ0) is 16.4. The number of aliphatic hydroxyl groups excluding tert-OH is 2. The maximum absolute atomic E-state index is 10.1. The van der Waals surface area contributed by atoms with Gasteiger partial charge in [0.2, 0.25) is 0 Å². The molecule has 20 heavy (non-hydrogen) atoms. The predicted molar refractivity (Wildman–Crippen MR) is 74.2 cm³/mol. The van der Waals surface area contributed by atoms with Gasteiger partial charge in [0.25, 0.3) is 0 Å². The molecule has 0 radical (unpaired) electrons. The molecule has 1 atom stereocenters. The lowest BCUT2D eigenvalue weighted by molar-refractivity contribution is -0.141. The molecule has 7 heteroatoms. The number of aliphatic hydroxyl groups is 2. The summed E-state index contributed by atoms with van der Waals surface area (Å²) in [6, 6.07) is 0. The van der Waals surface area contributed by atoms with Gasteiger partial charge in [-0.1, -0.05) is 0 Å². The fraction of sp³-hybridized carbons (Fsp3) is 0.846. The van der Waals surface area contributed by atoms with Gasteiger partial charge in [0.1, 0.15) is 0 Å². The Morgan fingerprint density at radius 2 is 1.55 bits per heavy atom. The zero-order valence-corrected chi connectivity index (χ0v) is 13.0. The van der Waals surface area contributed by atoms with Crippen LogP contribution in [0.25, 0.3) is 0 Å². The molecule has 122 valence electrons. The van der Waals surface area contributed by atoms with Crippen LogP contribution in [0.4, 0.5) is 0 Å². The lowest BCUT2D eigenvalue weighted by Crippen LogP contribution is -2.03. The number of hydrogen-bond donors (Lipinski definition) is 2. The molecule has 0 spiro atoms. The number of hydrogen-bond acceptors (Lipinski definition) is 7. The molecular weight excluding hydrogens is 268 g/mol. The van der Waals surface area contributed by atoms with Crippen LogP contribution in [0.1, 0.15) is 34.1 Å². The summed E-state index contributed by atoms with van der Waals surface area (Å²) in [6.07, 6.45) is 0.214. The molecule has 0 heterocycles. The van der Waals surface area contributed by atoms with E-state index >= 15 is 0 Å². The number of ether oxygens (including phenoxy) is 3. The van der Waals surface area contributed by atoms with Crippen LogP contribution in [0.15, 0.2) is 0 Å². The van der Waals surface area contributed by atoms with E-state index in [2.05, 4.69) is 9.47 Å². The summed E-state index contributed by atoms with van der Waals surface area (Å²) < 4.78 is 13.8. The molecule has 0 aromatic heterocycles. The summed E-state index contributed by atoms with van der Waals surface area (Å²) in [5.41, 5.74) is 0. The SMILES string of the molecule is CC(O)CO.CCOC(C)=O.COCCCOC(C)=O. The van der Waals surface area contributed by atoms with Crippen LogP contribution in [-0.4, -0.2) is 61.8 Å². The molecule has 7 nitrogen and oxygen atoms in total. The van der Waals surface area contributed by atoms with Crippen molar-refractivity contribution in [1.82, 2.24) is 0 Å². The fourth-order valence-corrected chi connectivity index (χ4v) is 0.622. The minimum absolute atomic E-state index is 0.139. The van der Waals surface area contributed by atoms with Crippen LogP contribution < -0.4 is 0 Å². The summed E-state index contributed by atoms with van der Waals surface area (Å²) in [5, 5.41) is 16.0. The second-order valence-electron chi connectivity index (χ2n) is 3.64. The Kier molecular flexibility index (Phi) is 24.1. The summed E-state index contributed by atoms with van der Waals surface area (Å²) in [7, 11) is 1.62. The van der Waals surface area contributed by atoms with Gasteiger partial charge in [0, 0.05) is 34.0 Å². The van der Waals surface area contributed by atoms with Crippen molar-refractivity contribution in [1.29, 1.82) is 0 Å². The Balaban J connectivity index is -0.000000230. The topological polar surface area (TPSA) is 102 Å². The summed E-state index contributed by atoms with van der Waals surface area (Å²) in [5.74, 6) is -0.441. The highest BCUT2D eigenvalue weighted by atomic mass is 16.5. The number of rotatable bonds is 6. The first-order valence-corrected chi connectivity index (χ1v) is 6.36. The van der Waals surface area contributed by atoms with Crippen molar-refractivity contribution in [2.24, 2.45) is 0 Å². The average Bonchev–Trinajstić information content (AvgIpc) is 2.35. The maximum atomic E-state index is 10.1. The second-order valence-corrected chi connectivity index (χ2v) is 3.64. The maximum Gasteiger partial charge on any atom is 0.302 e. The molecule has 0 aliphatic carbocycles. The normalized spacial score (nSPS) is 10.2. The van der Waals surface area contributed by atoms with Gasteiger partial charge < -0.3 is 24.4 Å². The van der Waals surface area contributed by atoms with E-state index in [9.17, 15) is 9.59 Å². The quantitative estimate of drug-likeness (QED) is 0.544. The van der Waals surface area contributed by atoms with Crippen LogP contribution in [0, 0.1) is 0 Å². The van der Waals surface area contributed by atoms with Crippen LogP contribution >= 0.6 is 0 Å². The molecule has 0 saturated heterocycles. The summed E-state index contributed by atoms with van der Waals surface area (Å²) in [4.78, 5) is 20.0. The van der Waals surface area contributed by atoms with E-state index in [0.29, 0.717) is 19.8 Å². The molecule has 0 bridgehead atoms. The van der Waals surface area contributed by atoms with Crippen molar-refractivity contribution in [3.63, 3.8) is 0 Å². The molecule has 0 fully saturated rings. The van der Waals surface area contributed by atoms with Crippen LogP contribution in [0.2, 0.25) is 0 Å². The average molecular weight is 296 g/mol. The third-order valence-corrected chi connectivity index (χ3v) is 1.41. The van der Waals surface area contributed by atoms with Crippen molar-refractivity contribution in [2.75, 3.05) is 33.5 Å². The molecule has 0 aromatic carbocycles. The van der Waals surface area contributed by atoms with E-state index in [0.717, 1.165) is 6.42 Å². The van der Waals surface area contributed by atoms with E-state index in [1.54, 1.807) is 14.0 Å². The van der Waals surface area contributed by atoms with E-state index in [-0.39, 0.29) is 18.5 Å². The monoisotopic (exact) mass is 296 g/mol. The minimum Gasteiger partial charge on any atom is -0.466 e. The molecule has 0 aliphatic heterocycles. The van der Waals surface area contributed by atoms with E-state index in [1.165, 1.54) is 20.8 Å². The van der Waals surface area contributed by atoms with Gasteiger partial charge in [-0.3, -0.25) is 9.59 Å². The smallest absolute Gasteiger partial charge is 0.302 e. The standard InChI is InChI=1S/C6H12O3.C4H8O2.C3H8O2/c1-6(7)9-5-3-4-8-2;1-3-6-4(2)5;1-3(5)2-4/h3-5H2,1-2H3;3H2,1-2H3;3-5H,2H2,1H3. The van der Waals surface area contributed by atoms with Crippen molar-refractivity contribution >= 4 is 11.9 Å². The van der Waals surface area contributed by atoms with Crippen molar-refractivity contribution in [3.8, 4) is 0 Å². The Hall–Kier alpha value is -1.18. The largest absolute Gasteiger partial charge is 0.466 e. The van der Waals surface area contributed by atoms with Gasteiger partial charge in [0.05, 0.1) is 25.9 Å². The third-order valence-electron chi connectivity index (χ3n) is 1.41. The Morgan fingerprint density at radius 1 is 1.10 bits per heavy atom. The molecule has 0 rings (SSSR count). The first-order chi connectivity index (χ1) is 9.31. The molecular formula is C13H28O7. The van der Waals surface area contributed by atoms with Crippen LogP contribution in [0.5, 0.6) is 0 Å². The fourth-order valence-electron chi connectivity index (χ4n) is 0.622. The molecule has 0 aromatic rings. The zero-order valence-electron chi connectivity index (χ0n) is 13.0. The van der Waals surface area contributed by atoms with Gasteiger partial charge in [-0.25, -0.2) is 0 Å². The van der Waals surface area contributed by atoms with E-state index < -0.39 is 6.10 Å². The van der Waals surface area contributed by atoms with Crippen molar-refractivity contribution < 1.29 is 34.0 Å². The first kappa shape index (κ1) is 23.9. The lowest BCUT2D eigenvalue weighted by atomic mass is 10.5. The predicted octanol–water partition coefficient (Wildman–Crippen LogP) is 0.515. The number of esters is 2.